The third kappa shape index (κ3) is 2.81. The molecule has 1 heterocycles. The molecule has 2 aliphatic carbocycles. The van der Waals surface area contributed by atoms with E-state index in [0.29, 0.717) is 30.0 Å². The quantitative estimate of drug-likeness (QED) is 0.868. The summed E-state index contributed by atoms with van der Waals surface area (Å²) in [4.78, 5) is 15.9. The molecule has 1 aromatic rings. The van der Waals surface area contributed by atoms with Crippen LogP contribution in [0.1, 0.15) is 62.8 Å². The molecule has 116 valence electrons. The summed E-state index contributed by atoms with van der Waals surface area (Å²) in [6.07, 6.45) is 4.64. The van der Waals surface area contributed by atoms with Crippen molar-refractivity contribution in [1.29, 1.82) is 0 Å². The van der Waals surface area contributed by atoms with Crippen molar-refractivity contribution in [2.24, 2.45) is 17.8 Å². The zero-order chi connectivity index (χ0) is 15.0. The van der Waals surface area contributed by atoms with Gasteiger partial charge in [-0.3, -0.25) is 4.79 Å². The summed E-state index contributed by atoms with van der Waals surface area (Å²) in [6.45, 7) is 2.10. The number of hydrogen-bond donors (Lipinski definition) is 1. The van der Waals surface area contributed by atoms with E-state index in [1.165, 1.54) is 0 Å². The maximum atomic E-state index is 11.4. The Bertz CT molecular complexity index is 512. The zero-order valence-corrected chi connectivity index (χ0v) is 12.5. The largest absolute Gasteiger partial charge is 0.481 e. The summed E-state index contributed by atoms with van der Waals surface area (Å²) in [5.41, 5.74) is 0. The van der Waals surface area contributed by atoms with Gasteiger partial charge in [-0.05, 0) is 37.5 Å². The van der Waals surface area contributed by atoms with Crippen molar-refractivity contribution < 1.29 is 19.2 Å². The van der Waals surface area contributed by atoms with Crippen molar-refractivity contribution in [1.82, 2.24) is 10.1 Å². The number of nitrogens with zero attached hydrogens (tertiary/aromatic N) is 2. The number of aliphatic carboxylic acids is 1. The fourth-order valence-corrected chi connectivity index (χ4v) is 3.44. The third-order valence-electron chi connectivity index (χ3n) is 4.89. The SMILES string of the molecule is CCC1CC(C(=O)O)C(c2nc(C(OC)C3CC3)no2)C1. The molecule has 0 saturated heterocycles. The Morgan fingerprint density at radius 1 is 1.48 bits per heavy atom. The average molecular weight is 294 g/mol. The number of methoxy groups -OCH3 is 1. The highest BCUT2D eigenvalue weighted by atomic mass is 16.5. The summed E-state index contributed by atoms with van der Waals surface area (Å²) >= 11 is 0. The van der Waals surface area contributed by atoms with Crippen molar-refractivity contribution in [3.8, 4) is 0 Å². The topological polar surface area (TPSA) is 85.5 Å². The van der Waals surface area contributed by atoms with Crippen molar-refractivity contribution in [3.63, 3.8) is 0 Å². The van der Waals surface area contributed by atoms with Gasteiger partial charge in [-0.1, -0.05) is 18.5 Å². The van der Waals surface area contributed by atoms with Crippen LogP contribution < -0.4 is 0 Å². The van der Waals surface area contributed by atoms with Crippen LogP contribution in [0.3, 0.4) is 0 Å². The van der Waals surface area contributed by atoms with Crippen LogP contribution in [0, 0.1) is 17.8 Å². The minimum atomic E-state index is -0.763. The molecule has 4 atom stereocenters. The molecular weight excluding hydrogens is 272 g/mol. The second-order valence-corrected chi connectivity index (χ2v) is 6.28. The van der Waals surface area contributed by atoms with E-state index < -0.39 is 11.9 Å². The van der Waals surface area contributed by atoms with E-state index >= 15 is 0 Å². The van der Waals surface area contributed by atoms with E-state index in [1.807, 2.05) is 0 Å². The number of carboxylic acids is 1. The fraction of sp³-hybridized carbons (Fsp3) is 0.800. The molecule has 2 saturated carbocycles. The Hall–Kier alpha value is -1.43. The molecule has 2 aliphatic rings. The van der Waals surface area contributed by atoms with Crippen molar-refractivity contribution in [2.45, 2.75) is 51.0 Å². The maximum absolute atomic E-state index is 11.4. The number of carbonyl (C=O) groups is 1. The van der Waals surface area contributed by atoms with Crippen molar-refractivity contribution in [2.75, 3.05) is 7.11 Å². The van der Waals surface area contributed by atoms with Crippen LogP contribution in [0.5, 0.6) is 0 Å². The van der Waals surface area contributed by atoms with E-state index in [1.54, 1.807) is 7.11 Å². The van der Waals surface area contributed by atoms with Gasteiger partial charge in [0.05, 0.1) is 11.8 Å². The summed E-state index contributed by atoms with van der Waals surface area (Å²) < 4.78 is 10.8. The van der Waals surface area contributed by atoms with E-state index in [4.69, 9.17) is 9.26 Å². The van der Waals surface area contributed by atoms with Gasteiger partial charge in [0.1, 0.15) is 6.10 Å². The lowest BCUT2D eigenvalue weighted by atomic mass is 9.96. The molecular formula is C15H22N2O4. The van der Waals surface area contributed by atoms with E-state index in [0.717, 1.165) is 25.7 Å². The molecule has 1 N–H and O–H groups in total. The standard InChI is InChI=1S/C15H22N2O4/c1-3-8-6-10(11(7-8)15(18)19)14-16-13(17-21-14)12(20-2)9-4-5-9/h8-12H,3-7H2,1-2H3,(H,18,19). The van der Waals surface area contributed by atoms with E-state index in [-0.39, 0.29) is 12.0 Å². The first-order chi connectivity index (χ1) is 10.1. The number of hydrogen-bond acceptors (Lipinski definition) is 5. The summed E-state index contributed by atoms with van der Waals surface area (Å²) in [5.74, 6) is 0.600. The predicted molar refractivity (Wildman–Crippen MR) is 73.7 cm³/mol. The minimum Gasteiger partial charge on any atom is -0.481 e. The van der Waals surface area contributed by atoms with Crippen LogP contribution >= 0.6 is 0 Å². The van der Waals surface area contributed by atoms with Gasteiger partial charge in [0.15, 0.2) is 0 Å². The highest BCUT2D eigenvalue weighted by molar-refractivity contribution is 5.71. The molecule has 0 spiro atoms. The average Bonchev–Trinajstić information content (AvgIpc) is 3.03. The van der Waals surface area contributed by atoms with Gasteiger partial charge < -0.3 is 14.4 Å². The Morgan fingerprint density at radius 3 is 2.81 bits per heavy atom. The lowest BCUT2D eigenvalue weighted by Crippen LogP contribution is -2.17. The normalized spacial score (nSPS) is 30.5. The van der Waals surface area contributed by atoms with Crippen LogP contribution in [0.4, 0.5) is 0 Å². The molecule has 0 aromatic carbocycles. The molecule has 6 heteroatoms. The Morgan fingerprint density at radius 2 is 2.24 bits per heavy atom. The number of carboxylic acid groups (broad SMARTS) is 1. The van der Waals surface area contributed by atoms with Crippen LogP contribution in [0.25, 0.3) is 0 Å². The highest BCUT2D eigenvalue weighted by Crippen LogP contribution is 2.45. The molecule has 21 heavy (non-hydrogen) atoms. The first kappa shape index (κ1) is 14.5. The van der Waals surface area contributed by atoms with Gasteiger partial charge in [0.2, 0.25) is 11.7 Å². The number of rotatable bonds is 6. The van der Waals surface area contributed by atoms with E-state index in [9.17, 15) is 9.90 Å². The van der Waals surface area contributed by atoms with Gasteiger partial charge in [0, 0.05) is 7.11 Å². The monoisotopic (exact) mass is 294 g/mol. The molecule has 3 rings (SSSR count). The smallest absolute Gasteiger partial charge is 0.307 e. The molecule has 2 fully saturated rings. The van der Waals surface area contributed by atoms with Crippen LogP contribution in [-0.4, -0.2) is 28.3 Å². The summed E-state index contributed by atoms with van der Waals surface area (Å²) in [7, 11) is 1.65. The lowest BCUT2D eigenvalue weighted by Gasteiger charge is -2.11. The second-order valence-electron chi connectivity index (χ2n) is 6.28. The molecule has 0 bridgehead atoms. The maximum Gasteiger partial charge on any atom is 0.307 e. The van der Waals surface area contributed by atoms with Crippen LogP contribution in [0.2, 0.25) is 0 Å². The first-order valence-electron chi connectivity index (χ1n) is 7.73. The van der Waals surface area contributed by atoms with Gasteiger partial charge >= 0.3 is 5.97 Å². The third-order valence-corrected chi connectivity index (χ3v) is 4.89. The Balaban J connectivity index is 1.79. The van der Waals surface area contributed by atoms with Gasteiger partial charge in [0.25, 0.3) is 0 Å². The van der Waals surface area contributed by atoms with Crippen molar-refractivity contribution >= 4 is 5.97 Å². The predicted octanol–water partition coefficient (Wildman–Crippen LogP) is 2.77. The zero-order valence-electron chi connectivity index (χ0n) is 12.5. The molecule has 1 aromatic heterocycles. The molecule has 4 unspecified atom stereocenters. The second kappa shape index (κ2) is 5.75. The minimum absolute atomic E-state index is 0.117. The molecule has 0 aliphatic heterocycles. The molecule has 0 amide bonds. The molecule has 6 nitrogen and oxygen atoms in total. The lowest BCUT2D eigenvalue weighted by molar-refractivity contribution is -0.142. The fourth-order valence-electron chi connectivity index (χ4n) is 3.44. The van der Waals surface area contributed by atoms with E-state index in [2.05, 4.69) is 17.1 Å². The Labute approximate surface area is 123 Å². The first-order valence-corrected chi connectivity index (χ1v) is 7.73. The molecule has 0 radical (unpaired) electrons. The van der Waals surface area contributed by atoms with Crippen molar-refractivity contribution in [3.05, 3.63) is 11.7 Å². The Kier molecular flexibility index (Phi) is 3.97. The van der Waals surface area contributed by atoms with Gasteiger partial charge in [-0.2, -0.15) is 4.98 Å². The number of aromatic nitrogens is 2. The summed E-state index contributed by atoms with van der Waals surface area (Å²) in [5, 5.41) is 13.4. The highest BCUT2D eigenvalue weighted by Gasteiger charge is 2.43. The summed E-state index contributed by atoms with van der Waals surface area (Å²) in [6, 6.07) is 0. The van der Waals surface area contributed by atoms with Crippen LogP contribution in [0.15, 0.2) is 4.52 Å². The van der Waals surface area contributed by atoms with Crippen LogP contribution in [-0.2, 0) is 9.53 Å². The van der Waals surface area contributed by atoms with Gasteiger partial charge in [-0.25, -0.2) is 0 Å². The van der Waals surface area contributed by atoms with Gasteiger partial charge in [-0.15, -0.1) is 0 Å². The number of ether oxygens (including phenoxy) is 1.